The number of benzene rings is 1. The lowest BCUT2D eigenvalue weighted by molar-refractivity contribution is 0.0471. The van der Waals surface area contributed by atoms with Crippen molar-refractivity contribution in [3.05, 3.63) is 77.0 Å². The van der Waals surface area contributed by atoms with Gasteiger partial charge in [-0.25, -0.2) is 4.79 Å². The second kappa shape index (κ2) is 7.30. The topological polar surface area (TPSA) is 53.6 Å². The minimum atomic E-state index is -0.332. The summed E-state index contributed by atoms with van der Waals surface area (Å²) in [5.74, 6) is 1.25. The van der Waals surface area contributed by atoms with E-state index in [-0.39, 0.29) is 12.6 Å². The Labute approximate surface area is 146 Å². The lowest BCUT2D eigenvalue weighted by Gasteiger charge is -2.09. The van der Waals surface area contributed by atoms with Gasteiger partial charge in [0.1, 0.15) is 18.1 Å². The summed E-state index contributed by atoms with van der Waals surface area (Å²) >= 11 is 0. The van der Waals surface area contributed by atoms with Gasteiger partial charge in [0.2, 0.25) is 0 Å². The number of ether oxygens (including phenoxy) is 2. The van der Waals surface area contributed by atoms with Crippen LogP contribution in [0.2, 0.25) is 0 Å². The minimum Gasteiger partial charge on any atom is -0.497 e. The maximum atomic E-state index is 12.5. The number of methoxy groups -OCH3 is 1. The van der Waals surface area contributed by atoms with E-state index < -0.39 is 0 Å². The fourth-order valence-corrected chi connectivity index (χ4v) is 2.80. The number of hydrogen-bond acceptors (Lipinski definition) is 4. The third-order valence-electron chi connectivity index (χ3n) is 4.19. The molecule has 130 valence electrons. The number of aryl methyl sites for hydroxylation is 1. The number of hydrogen-bond donors (Lipinski definition) is 0. The van der Waals surface area contributed by atoms with Gasteiger partial charge in [-0.1, -0.05) is 12.1 Å². The van der Waals surface area contributed by atoms with Crippen molar-refractivity contribution in [1.82, 2.24) is 4.57 Å². The van der Waals surface area contributed by atoms with Crippen molar-refractivity contribution < 1.29 is 18.7 Å². The maximum Gasteiger partial charge on any atom is 0.340 e. The summed E-state index contributed by atoms with van der Waals surface area (Å²) < 4.78 is 18.1. The molecule has 0 radical (unpaired) electrons. The van der Waals surface area contributed by atoms with Gasteiger partial charge in [0.05, 0.1) is 25.5 Å². The van der Waals surface area contributed by atoms with Crippen LogP contribution >= 0.6 is 0 Å². The highest BCUT2D eigenvalue weighted by Crippen LogP contribution is 2.19. The first kappa shape index (κ1) is 16.9. The first-order chi connectivity index (χ1) is 12.1. The van der Waals surface area contributed by atoms with Crippen LogP contribution in [0.15, 0.2) is 53.1 Å². The van der Waals surface area contributed by atoms with Gasteiger partial charge in [0, 0.05) is 11.4 Å². The van der Waals surface area contributed by atoms with E-state index >= 15 is 0 Å². The molecule has 0 unspecified atom stereocenters. The molecule has 2 aromatic heterocycles. The largest absolute Gasteiger partial charge is 0.497 e. The van der Waals surface area contributed by atoms with Crippen LogP contribution in [0.5, 0.6) is 5.75 Å². The standard InChI is InChI=1S/C20H21NO4/c1-14-10-19(15(2)21(14)12-18-8-5-9-24-18)20(22)25-13-16-6-4-7-17(11-16)23-3/h4-11H,12-13H2,1-3H3. The van der Waals surface area contributed by atoms with Crippen molar-refractivity contribution in [3.8, 4) is 5.75 Å². The summed E-state index contributed by atoms with van der Waals surface area (Å²) in [6.45, 7) is 4.68. The third kappa shape index (κ3) is 3.76. The summed E-state index contributed by atoms with van der Waals surface area (Å²) in [6, 6.07) is 13.1. The van der Waals surface area contributed by atoms with Crippen LogP contribution in [-0.4, -0.2) is 17.6 Å². The highest BCUT2D eigenvalue weighted by atomic mass is 16.5. The molecule has 0 spiro atoms. The van der Waals surface area contributed by atoms with Crippen LogP contribution in [0.4, 0.5) is 0 Å². The Hall–Kier alpha value is -2.95. The monoisotopic (exact) mass is 339 g/mol. The fourth-order valence-electron chi connectivity index (χ4n) is 2.80. The molecule has 3 aromatic rings. The number of carbonyl (C=O) groups excluding carboxylic acids is 1. The van der Waals surface area contributed by atoms with Crippen molar-refractivity contribution in [2.75, 3.05) is 7.11 Å². The molecule has 25 heavy (non-hydrogen) atoms. The van der Waals surface area contributed by atoms with Gasteiger partial charge in [-0.15, -0.1) is 0 Å². The molecule has 0 bridgehead atoms. The first-order valence-corrected chi connectivity index (χ1v) is 8.07. The Balaban J connectivity index is 1.71. The van der Waals surface area contributed by atoms with E-state index in [4.69, 9.17) is 13.9 Å². The molecule has 0 saturated carbocycles. The number of nitrogens with zero attached hydrogens (tertiary/aromatic N) is 1. The molecule has 0 amide bonds. The average molecular weight is 339 g/mol. The molecule has 0 N–H and O–H groups in total. The molecular formula is C20H21NO4. The van der Waals surface area contributed by atoms with E-state index in [1.165, 1.54) is 0 Å². The number of esters is 1. The summed E-state index contributed by atoms with van der Waals surface area (Å²) in [5, 5.41) is 0. The predicted octanol–water partition coefficient (Wildman–Crippen LogP) is 4.11. The molecule has 5 heteroatoms. The first-order valence-electron chi connectivity index (χ1n) is 8.07. The molecule has 0 saturated heterocycles. The Morgan fingerprint density at radius 1 is 1.16 bits per heavy atom. The molecule has 5 nitrogen and oxygen atoms in total. The van der Waals surface area contributed by atoms with Gasteiger partial charge in [-0.05, 0) is 49.7 Å². The minimum absolute atomic E-state index is 0.206. The molecular weight excluding hydrogens is 318 g/mol. The zero-order valence-electron chi connectivity index (χ0n) is 14.6. The summed E-state index contributed by atoms with van der Waals surface area (Å²) in [6.07, 6.45) is 1.65. The van der Waals surface area contributed by atoms with Crippen molar-refractivity contribution in [2.45, 2.75) is 27.0 Å². The Kier molecular flexibility index (Phi) is 4.93. The number of furan rings is 1. The van der Waals surface area contributed by atoms with E-state index in [0.29, 0.717) is 12.1 Å². The van der Waals surface area contributed by atoms with Crippen molar-refractivity contribution in [1.29, 1.82) is 0 Å². The van der Waals surface area contributed by atoms with Gasteiger partial charge in [-0.3, -0.25) is 0 Å². The van der Waals surface area contributed by atoms with Crippen LogP contribution < -0.4 is 4.74 Å². The normalized spacial score (nSPS) is 10.7. The van der Waals surface area contributed by atoms with E-state index in [1.54, 1.807) is 13.4 Å². The fraction of sp³-hybridized carbons (Fsp3) is 0.250. The SMILES string of the molecule is COc1cccc(COC(=O)c2cc(C)n(Cc3ccco3)c2C)c1. The van der Waals surface area contributed by atoms with Gasteiger partial charge in [0.15, 0.2) is 0 Å². The summed E-state index contributed by atoms with van der Waals surface area (Å²) in [7, 11) is 1.61. The second-order valence-corrected chi connectivity index (χ2v) is 5.88. The summed E-state index contributed by atoms with van der Waals surface area (Å²) in [4.78, 5) is 12.5. The third-order valence-corrected chi connectivity index (χ3v) is 4.19. The van der Waals surface area contributed by atoms with Crippen molar-refractivity contribution in [3.63, 3.8) is 0 Å². The molecule has 0 aliphatic rings. The molecule has 0 aliphatic carbocycles. The molecule has 3 rings (SSSR count). The van der Waals surface area contributed by atoms with Crippen molar-refractivity contribution >= 4 is 5.97 Å². The highest BCUT2D eigenvalue weighted by molar-refractivity contribution is 5.91. The molecule has 0 aliphatic heterocycles. The smallest absolute Gasteiger partial charge is 0.340 e. The highest BCUT2D eigenvalue weighted by Gasteiger charge is 2.17. The number of rotatable bonds is 6. The zero-order chi connectivity index (χ0) is 17.8. The Morgan fingerprint density at radius 3 is 2.72 bits per heavy atom. The number of carbonyl (C=O) groups is 1. The quantitative estimate of drug-likeness (QED) is 0.634. The van der Waals surface area contributed by atoms with E-state index in [1.807, 2.05) is 60.9 Å². The van der Waals surface area contributed by atoms with Gasteiger partial charge < -0.3 is 18.5 Å². The van der Waals surface area contributed by atoms with E-state index in [2.05, 4.69) is 0 Å². The van der Waals surface area contributed by atoms with Crippen molar-refractivity contribution in [2.24, 2.45) is 0 Å². The van der Waals surface area contributed by atoms with Gasteiger partial charge in [-0.2, -0.15) is 0 Å². The van der Waals surface area contributed by atoms with E-state index in [9.17, 15) is 4.79 Å². The maximum absolute atomic E-state index is 12.5. The van der Waals surface area contributed by atoms with Gasteiger partial charge in [0.25, 0.3) is 0 Å². The Bertz CT molecular complexity index is 862. The van der Waals surface area contributed by atoms with Gasteiger partial charge >= 0.3 is 5.97 Å². The predicted molar refractivity (Wildman–Crippen MR) is 93.8 cm³/mol. The number of aromatic nitrogens is 1. The molecule has 2 heterocycles. The lowest BCUT2D eigenvalue weighted by Crippen LogP contribution is -2.08. The van der Waals surface area contributed by atoms with E-state index in [0.717, 1.165) is 28.5 Å². The van der Waals surface area contributed by atoms with Crippen LogP contribution in [0, 0.1) is 13.8 Å². The molecule has 0 atom stereocenters. The molecule has 0 fully saturated rings. The zero-order valence-corrected chi connectivity index (χ0v) is 14.6. The lowest BCUT2D eigenvalue weighted by atomic mass is 10.2. The van der Waals surface area contributed by atoms with Crippen LogP contribution in [0.3, 0.4) is 0 Å². The molecule has 1 aromatic carbocycles. The Morgan fingerprint density at radius 2 is 2.00 bits per heavy atom. The van der Waals surface area contributed by atoms with Crippen LogP contribution in [0.1, 0.15) is 33.1 Å². The average Bonchev–Trinajstić information content (AvgIpc) is 3.23. The van der Waals surface area contributed by atoms with Crippen LogP contribution in [-0.2, 0) is 17.9 Å². The second-order valence-electron chi connectivity index (χ2n) is 5.88. The summed E-state index contributed by atoms with van der Waals surface area (Å²) in [5.41, 5.74) is 3.32. The van der Waals surface area contributed by atoms with Crippen LogP contribution in [0.25, 0.3) is 0 Å².